The lowest BCUT2D eigenvalue weighted by molar-refractivity contribution is -0.116. The number of amides is 2. The van der Waals surface area contributed by atoms with Crippen molar-refractivity contribution in [1.29, 1.82) is 0 Å². The molecular weight excluding hydrogens is 414 g/mol. The molecule has 7 nitrogen and oxygen atoms in total. The van der Waals surface area contributed by atoms with Crippen LogP contribution in [0.4, 0.5) is 11.4 Å². The summed E-state index contributed by atoms with van der Waals surface area (Å²) >= 11 is 1.69. The van der Waals surface area contributed by atoms with Crippen LogP contribution in [0.2, 0.25) is 0 Å². The Kier molecular flexibility index (Phi) is 8.57. The van der Waals surface area contributed by atoms with E-state index in [-0.39, 0.29) is 11.8 Å². The predicted octanol–water partition coefficient (Wildman–Crippen LogP) is 4.38. The number of aryl methyl sites for hydroxylation is 1. The van der Waals surface area contributed by atoms with Crippen molar-refractivity contribution in [2.75, 3.05) is 31.0 Å². The van der Waals surface area contributed by atoms with Crippen LogP contribution in [0.5, 0.6) is 5.88 Å². The minimum atomic E-state index is -0.321. The van der Waals surface area contributed by atoms with Crippen molar-refractivity contribution in [3.63, 3.8) is 0 Å². The number of anilines is 2. The van der Waals surface area contributed by atoms with E-state index < -0.39 is 0 Å². The Morgan fingerprint density at radius 2 is 1.97 bits per heavy atom. The van der Waals surface area contributed by atoms with Gasteiger partial charge >= 0.3 is 0 Å². The first-order valence-electron chi connectivity index (χ1n) is 9.96. The van der Waals surface area contributed by atoms with E-state index in [0.717, 1.165) is 12.8 Å². The minimum Gasteiger partial charge on any atom is -0.474 e. The minimum absolute atomic E-state index is 0.0739. The summed E-state index contributed by atoms with van der Waals surface area (Å²) in [5.74, 6) is -0.0725. The molecule has 31 heavy (non-hydrogen) atoms. The highest BCUT2D eigenvalue weighted by molar-refractivity contribution is 7.09. The Labute approximate surface area is 185 Å². The number of nitrogens with one attached hydrogen (secondary N) is 2. The van der Waals surface area contributed by atoms with Gasteiger partial charge in [-0.3, -0.25) is 9.59 Å². The largest absolute Gasteiger partial charge is 0.474 e. The molecule has 0 atom stereocenters. The molecule has 2 aromatic heterocycles. The summed E-state index contributed by atoms with van der Waals surface area (Å²) in [4.78, 5) is 30.4. The van der Waals surface area contributed by atoms with Gasteiger partial charge in [0.2, 0.25) is 11.8 Å². The Hall–Kier alpha value is -3.23. The number of methoxy groups -OCH3 is 1. The van der Waals surface area contributed by atoms with Crippen LogP contribution in [-0.2, 0) is 16.0 Å². The quantitative estimate of drug-likeness (QED) is 0.433. The van der Waals surface area contributed by atoms with E-state index in [1.54, 1.807) is 61.0 Å². The van der Waals surface area contributed by atoms with E-state index >= 15 is 0 Å². The van der Waals surface area contributed by atoms with Crippen LogP contribution in [0, 0.1) is 0 Å². The average Bonchev–Trinajstić information content (AvgIpc) is 3.29. The molecule has 0 spiro atoms. The van der Waals surface area contributed by atoms with Crippen LogP contribution in [-0.4, -0.2) is 37.1 Å². The number of nitrogens with zero attached hydrogens (tertiary/aromatic N) is 1. The van der Waals surface area contributed by atoms with Gasteiger partial charge in [-0.2, -0.15) is 0 Å². The zero-order valence-corrected chi connectivity index (χ0v) is 18.1. The molecule has 2 N–H and O–H groups in total. The Balaban J connectivity index is 1.55. The Morgan fingerprint density at radius 3 is 2.77 bits per heavy atom. The van der Waals surface area contributed by atoms with Crippen molar-refractivity contribution in [2.24, 2.45) is 0 Å². The number of ether oxygens (including phenoxy) is 2. The molecule has 0 aliphatic heterocycles. The van der Waals surface area contributed by atoms with E-state index in [1.165, 1.54) is 4.88 Å². The van der Waals surface area contributed by atoms with Gasteiger partial charge in [0, 0.05) is 35.9 Å². The van der Waals surface area contributed by atoms with E-state index in [0.29, 0.717) is 42.5 Å². The second-order valence-corrected chi connectivity index (χ2v) is 7.75. The molecule has 0 saturated carbocycles. The van der Waals surface area contributed by atoms with E-state index in [2.05, 4.69) is 21.7 Å². The summed E-state index contributed by atoms with van der Waals surface area (Å²) < 4.78 is 10.5. The summed E-state index contributed by atoms with van der Waals surface area (Å²) in [6.45, 7) is 0.739. The van der Waals surface area contributed by atoms with Crippen molar-refractivity contribution >= 4 is 34.5 Å². The van der Waals surface area contributed by atoms with Gasteiger partial charge in [-0.05, 0) is 54.6 Å². The number of carbonyl (C=O) groups is 2. The van der Waals surface area contributed by atoms with Crippen LogP contribution in [0.3, 0.4) is 0 Å². The molecule has 0 radical (unpaired) electrons. The first-order chi connectivity index (χ1) is 15.2. The number of aromatic nitrogens is 1. The Morgan fingerprint density at radius 1 is 1.06 bits per heavy atom. The van der Waals surface area contributed by atoms with Gasteiger partial charge in [0.1, 0.15) is 12.3 Å². The van der Waals surface area contributed by atoms with Crippen molar-refractivity contribution in [2.45, 2.75) is 19.3 Å². The molecule has 0 aliphatic carbocycles. The Bertz CT molecular complexity index is 992. The average molecular weight is 440 g/mol. The molecular formula is C23H25N3O4S. The second-order valence-electron chi connectivity index (χ2n) is 6.71. The van der Waals surface area contributed by atoms with E-state index in [9.17, 15) is 9.59 Å². The molecule has 0 fully saturated rings. The van der Waals surface area contributed by atoms with Crippen molar-refractivity contribution in [3.05, 3.63) is 70.5 Å². The third-order valence-electron chi connectivity index (χ3n) is 4.36. The molecule has 0 saturated heterocycles. The van der Waals surface area contributed by atoms with Gasteiger partial charge in [-0.15, -0.1) is 11.3 Å². The number of hydrogen-bond donors (Lipinski definition) is 2. The highest BCUT2D eigenvalue weighted by Crippen LogP contribution is 2.22. The lowest BCUT2D eigenvalue weighted by atomic mass is 10.1. The molecule has 0 unspecified atom stereocenters. The number of pyridine rings is 1. The van der Waals surface area contributed by atoms with Crippen LogP contribution >= 0.6 is 11.3 Å². The lowest BCUT2D eigenvalue weighted by Gasteiger charge is -2.12. The van der Waals surface area contributed by atoms with Gasteiger partial charge < -0.3 is 20.1 Å². The summed E-state index contributed by atoms with van der Waals surface area (Å²) in [7, 11) is 1.58. The monoisotopic (exact) mass is 439 g/mol. The summed E-state index contributed by atoms with van der Waals surface area (Å²) in [6, 6.07) is 14.3. The second kappa shape index (κ2) is 11.8. The molecule has 2 heterocycles. The van der Waals surface area contributed by atoms with E-state index in [1.807, 2.05) is 11.4 Å². The van der Waals surface area contributed by atoms with Crippen LogP contribution in [0.15, 0.2) is 60.1 Å². The molecule has 162 valence electrons. The first kappa shape index (κ1) is 22.5. The molecule has 3 aromatic rings. The fourth-order valence-corrected chi connectivity index (χ4v) is 3.61. The van der Waals surface area contributed by atoms with Gasteiger partial charge in [0.05, 0.1) is 6.61 Å². The molecule has 0 aliphatic rings. The standard InChI is InChI=1S/C23H25N3O4S/c1-29-13-14-30-23-20(10-4-12-24-23)26-22(28)17-6-2-7-18(16-17)25-21(27)11-3-8-19-9-5-15-31-19/h2,4-7,9-10,12,15-16H,3,8,11,13-14H2,1H3,(H,25,27)(H,26,28). The number of hydrogen-bond acceptors (Lipinski definition) is 6. The van der Waals surface area contributed by atoms with E-state index in [4.69, 9.17) is 9.47 Å². The van der Waals surface area contributed by atoms with Gasteiger partial charge in [-0.25, -0.2) is 4.98 Å². The normalized spacial score (nSPS) is 10.5. The summed E-state index contributed by atoms with van der Waals surface area (Å²) in [5.41, 5.74) is 1.46. The van der Waals surface area contributed by atoms with Gasteiger partial charge in [-0.1, -0.05) is 12.1 Å². The predicted molar refractivity (Wildman–Crippen MR) is 122 cm³/mol. The molecule has 0 bridgehead atoms. The van der Waals surface area contributed by atoms with Crippen molar-refractivity contribution in [3.8, 4) is 5.88 Å². The van der Waals surface area contributed by atoms with Gasteiger partial charge in [0.15, 0.2) is 0 Å². The maximum absolute atomic E-state index is 12.7. The SMILES string of the molecule is COCCOc1ncccc1NC(=O)c1cccc(NC(=O)CCCc2cccs2)c1. The highest BCUT2D eigenvalue weighted by Gasteiger charge is 2.12. The highest BCUT2D eigenvalue weighted by atomic mass is 32.1. The fourth-order valence-electron chi connectivity index (χ4n) is 2.86. The van der Waals surface area contributed by atoms with Gasteiger partial charge in [0.25, 0.3) is 5.91 Å². The molecule has 2 amide bonds. The number of thiophene rings is 1. The third-order valence-corrected chi connectivity index (χ3v) is 5.30. The number of benzene rings is 1. The topological polar surface area (TPSA) is 89.6 Å². The number of rotatable bonds is 11. The molecule has 3 rings (SSSR count). The van der Waals surface area contributed by atoms with Crippen LogP contribution in [0.1, 0.15) is 28.1 Å². The van der Waals surface area contributed by atoms with Crippen LogP contribution in [0.25, 0.3) is 0 Å². The zero-order valence-electron chi connectivity index (χ0n) is 17.3. The third kappa shape index (κ3) is 7.20. The lowest BCUT2D eigenvalue weighted by Crippen LogP contribution is -2.16. The van der Waals surface area contributed by atoms with Crippen LogP contribution < -0.4 is 15.4 Å². The zero-order chi connectivity index (χ0) is 21.9. The number of carbonyl (C=O) groups excluding carboxylic acids is 2. The maximum atomic E-state index is 12.7. The molecule has 8 heteroatoms. The first-order valence-corrected chi connectivity index (χ1v) is 10.8. The van der Waals surface area contributed by atoms with Crippen molar-refractivity contribution < 1.29 is 19.1 Å². The summed E-state index contributed by atoms with van der Waals surface area (Å²) in [6.07, 6.45) is 3.67. The smallest absolute Gasteiger partial charge is 0.255 e. The molecule has 1 aromatic carbocycles. The summed E-state index contributed by atoms with van der Waals surface area (Å²) in [5, 5.41) is 7.70. The van der Waals surface area contributed by atoms with Crippen molar-refractivity contribution in [1.82, 2.24) is 4.98 Å². The fraction of sp³-hybridized carbons (Fsp3) is 0.261. The maximum Gasteiger partial charge on any atom is 0.255 e.